The Kier molecular flexibility index (Phi) is 5.25. The Morgan fingerprint density at radius 1 is 1.00 bits per heavy atom. The van der Waals surface area contributed by atoms with E-state index in [0.29, 0.717) is 5.82 Å². The van der Waals surface area contributed by atoms with Crippen LogP contribution in [0.5, 0.6) is 0 Å². The minimum atomic E-state index is -0.864. The molecule has 138 valence electrons. The molecule has 1 heterocycles. The minimum absolute atomic E-state index is 0.0277. The number of anilines is 4. The van der Waals surface area contributed by atoms with Crippen molar-refractivity contribution in [2.45, 2.75) is 0 Å². The van der Waals surface area contributed by atoms with Gasteiger partial charge < -0.3 is 15.5 Å². The van der Waals surface area contributed by atoms with E-state index in [1.54, 1.807) is 0 Å². The second kappa shape index (κ2) is 7.77. The molecule has 0 aliphatic rings. The number of halogens is 2. The van der Waals surface area contributed by atoms with Gasteiger partial charge in [0.15, 0.2) is 0 Å². The van der Waals surface area contributed by atoms with E-state index in [1.165, 1.54) is 18.5 Å². The van der Waals surface area contributed by atoms with Crippen LogP contribution in [0.25, 0.3) is 0 Å². The second-order valence-corrected chi connectivity index (χ2v) is 5.91. The number of carbonyl (C=O) groups excluding carboxylic acids is 1. The molecule has 0 aliphatic heterocycles. The summed E-state index contributed by atoms with van der Waals surface area (Å²) in [5, 5.41) is 5.25. The van der Waals surface area contributed by atoms with Crippen LogP contribution < -0.4 is 15.5 Å². The molecular weight excluding hydrogens is 352 g/mol. The SMILES string of the molecule is CN(C)c1ccc(Nc2cc(C(=O)Nc3c(F)cccc3F)ncn2)cc1. The van der Waals surface area contributed by atoms with Crippen molar-refractivity contribution in [3.8, 4) is 0 Å². The predicted molar refractivity (Wildman–Crippen MR) is 100 cm³/mol. The monoisotopic (exact) mass is 369 g/mol. The molecule has 6 nitrogen and oxygen atoms in total. The highest BCUT2D eigenvalue weighted by Gasteiger charge is 2.15. The van der Waals surface area contributed by atoms with Crippen LogP contribution >= 0.6 is 0 Å². The zero-order valence-electron chi connectivity index (χ0n) is 14.7. The van der Waals surface area contributed by atoms with Crippen LogP contribution in [0.1, 0.15) is 10.5 Å². The number of carbonyl (C=O) groups is 1. The summed E-state index contributed by atoms with van der Waals surface area (Å²) in [5.41, 5.74) is 1.26. The predicted octanol–water partition coefficient (Wildman–Crippen LogP) is 3.82. The summed E-state index contributed by atoms with van der Waals surface area (Å²) < 4.78 is 27.4. The fourth-order valence-electron chi connectivity index (χ4n) is 2.34. The van der Waals surface area contributed by atoms with Gasteiger partial charge in [0.05, 0.1) is 0 Å². The van der Waals surface area contributed by atoms with Gasteiger partial charge in [-0.2, -0.15) is 0 Å². The molecule has 0 aliphatic carbocycles. The number of benzene rings is 2. The first-order chi connectivity index (χ1) is 12.9. The normalized spacial score (nSPS) is 10.4. The zero-order chi connectivity index (χ0) is 19.4. The molecule has 0 unspecified atom stereocenters. The van der Waals surface area contributed by atoms with Crippen LogP contribution in [0.4, 0.5) is 31.7 Å². The van der Waals surface area contributed by atoms with E-state index in [4.69, 9.17) is 0 Å². The summed E-state index contributed by atoms with van der Waals surface area (Å²) in [5.74, 6) is -2.09. The molecule has 3 aromatic rings. The molecule has 27 heavy (non-hydrogen) atoms. The molecule has 2 N–H and O–H groups in total. The van der Waals surface area contributed by atoms with Gasteiger partial charge in [0.2, 0.25) is 0 Å². The van der Waals surface area contributed by atoms with Crippen molar-refractivity contribution in [2.24, 2.45) is 0 Å². The summed E-state index contributed by atoms with van der Waals surface area (Å²) in [4.78, 5) is 22.2. The molecule has 1 aromatic heterocycles. The minimum Gasteiger partial charge on any atom is -0.378 e. The van der Waals surface area contributed by atoms with Crippen LogP contribution in [-0.4, -0.2) is 30.0 Å². The van der Waals surface area contributed by atoms with Gasteiger partial charge in [0.25, 0.3) is 5.91 Å². The number of hydrogen-bond donors (Lipinski definition) is 2. The van der Waals surface area contributed by atoms with E-state index in [2.05, 4.69) is 20.6 Å². The first kappa shape index (κ1) is 18.2. The molecule has 0 saturated carbocycles. The Morgan fingerprint density at radius 3 is 2.30 bits per heavy atom. The fourth-order valence-corrected chi connectivity index (χ4v) is 2.34. The summed E-state index contributed by atoms with van der Waals surface area (Å²) in [6.45, 7) is 0. The van der Waals surface area contributed by atoms with Gasteiger partial charge in [-0.1, -0.05) is 6.07 Å². The molecule has 0 spiro atoms. The van der Waals surface area contributed by atoms with Crippen molar-refractivity contribution in [3.05, 3.63) is 72.2 Å². The largest absolute Gasteiger partial charge is 0.378 e. The fraction of sp³-hybridized carbons (Fsp3) is 0.105. The highest BCUT2D eigenvalue weighted by molar-refractivity contribution is 6.03. The molecule has 2 aromatic carbocycles. The van der Waals surface area contributed by atoms with Crippen molar-refractivity contribution in [2.75, 3.05) is 29.6 Å². The number of nitrogens with zero attached hydrogens (tertiary/aromatic N) is 3. The Hall–Kier alpha value is -3.55. The number of para-hydroxylation sites is 1. The van der Waals surface area contributed by atoms with E-state index in [9.17, 15) is 13.6 Å². The average Bonchev–Trinajstić information content (AvgIpc) is 2.65. The van der Waals surface area contributed by atoms with E-state index < -0.39 is 23.2 Å². The Labute approximate surface area is 154 Å². The van der Waals surface area contributed by atoms with Gasteiger partial charge >= 0.3 is 0 Å². The maximum Gasteiger partial charge on any atom is 0.274 e. The van der Waals surface area contributed by atoms with Crippen LogP contribution in [0.2, 0.25) is 0 Å². The number of hydrogen-bond acceptors (Lipinski definition) is 5. The van der Waals surface area contributed by atoms with E-state index in [0.717, 1.165) is 23.5 Å². The summed E-state index contributed by atoms with van der Waals surface area (Å²) in [6, 6.07) is 12.3. The number of amides is 1. The second-order valence-electron chi connectivity index (χ2n) is 5.91. The zero-order valence-corrected chi connectivity index (χ0v) is 14.7. The van der Waals surface area contributed by atoms with Crippen LogP contribution in [0.15, 0.2) is 54.9 Å². The van der Waals surface area contributed by atoms with Crippen LogP contribution in [0, 0.1) is 11.6 Å². The molecule has 0 bridgehead atoms. The van der Waals surface area contributed by atoms with E-state index in [-0.39, 0.29) is 5.69 Å². The number of rotatable bonds is 5. The van der Waals surface area contributed by atoms with Crippen molar-refractivity contribution in [1.82, 2.24) is 9.97 Å². The molecule has 8 heteroatoms. The maximum absolute atomic E-state index is 13.7. The lowest BCUT2D eigenvalue weighted by molar-refractivity contribution is 0.102. The lowest BCUT2D eigenvalue weighted by Crippen LogP contribution is -2.16. The quantitative estimate of drug-likeness (QED) is 0.716. The first-order valence-corrected chi connectivity index (χ1v) is 8.06. The van der Waals surface area contributed by atoms with Gasteiger partial charge in [-0.05, 0) is 36.4 Å². The summed E-state index contributed by atoms with van der Waals surface area (Å²) >= 11 is 0. The lowest BCUT2D eigenvalue weighted by atomic mass is 10.2. The maximum atomic E-state index is 13.7. The van der Waals surface area contributed by atoms with Crippen LogP contribution in [0.3, 0.4) is 0 Å². The topological polar surface area (TPSA) is 70.2 Å². The Morgan fingerprint density at radius 2 is 1.67 bits per heavy atom. The smallest absolute Gasteiger partial charge is 0.274 e. The molecule has 0 radical (unpaired) electrons. The molecule has 1 amide bonds. The molecular formula is C19H17F2N5O. The van der Waals surface area contributed by atoms with E-state index in [1.807, 2.05) is 43.3 Å². The number of nitrogens with one attached hydrogen (secondary N) is 2. The third-order valence-electron chi connectivity index (χ3n) is 3.76. The van der Waals surface area contributed by atoms with Crippen molar-refractivity contribution >= 4 is 28.8 Å². The third kappa shape index (κ3) is 4.35. The average molecular weight is 369 g/mol. The first-order valence-electron chi connectivity index (χ1n) is 8.06. The van der Waals surface area contributed by atoms with Gasteiger partial charge in [0.1, 0.15) is 35.2 Å². The van der Waals surface area contributed by atoms with Gasteiger partial charge in [-0.25, -0.2) is 18.7 Å². The molecule has 0 saturated heterocycles. The summed E-state index contributed by atoms with van der Waals surface area (Å²) in [7, 11) is 3.88. The Balaban J connectivity index is 1.76. The van der Waals surface area contributed by atoms with Crippen LogP contribution in [-0.2, 0) is 0 Å². The van der Waals surface area contributed by atoms with E-state index >= 15 is 0 Å². The molecule has 0 fully saturated rings. The highest BCUT2D eigenvalue weighted by atomic mass is 19.1. The highest BCUT2D eigenvalue weighted by Crippen LogP contribution is 2.21. The van der Waals surface area contributed by atoms with Gasteiger partial charge in [0, 0.05) is 31.5 Å². The Bertz CT molecular complexity index is 940. The molecule has 3 rings (SSSR count). The van der Waals surface area contributed by atoms with Gasteiger partial charge in [-0.3, -0.25) is 4.79 Å². The lowest BCUT2D eigenvalue weighted by Gasteiger charge is -2.13. The number of aromatic nitrogens is 2. The van der Waals surface area contributed by atoms with Crippen molar-refractivity contribution in [3.63, 3.8) is 0 Å². The third-order valence-corrected chi connectivity index (χ3v) is 3.76. The van der Waals surface area contributed by atoms with Crippen molar-refractivity contribution in [1.29, 1.82) is 0 Å². The summed E-state index contributed by atoms with van der Waals surface area (Å²) in [6.07, 6.45) is 1.20. The molecule has 0 atom stereocenters. The standard InChI is InChI=1S/C19H17F2N5O/c1-26(2)13-8-6-12(7-9-13)24-17-10-16(22-11-23-17)19(27)25-18-14(20)4-3-5-15(18)21/h3-11H,1-2H3,(H,25,27)(H,22,23,24). The van der Waals surface area contributed by atoms with Crippen molar-refractivity contribution < 1.29 is 13.6 Å². The van der Waals surface area contributed by atoms with Gasteiger partial charge in [-0.15, -0.1) is 0 Å².